The lowest BCUT2D eigenvalue weighted by Crippen LogP contribution is -2.19. The number of benzene rings is 2. The standard InChI is InChI=1S/C21H24N4O3/c1-25(14-15-8-6-5-7-9-15)21-22-11-10-19(24-21)23-16-12-17(26-2)20(28-4)18(13-16)27-3/h5-13H,14H2,1-4H3,(H,22,23,24). The Kier molecular flexibility index (Phi) is 6.16. The van der Waals surface area contributed by atoms with E-state index in [2.05, 4.69) is 27.4 Å². The number of nitrogens with zero attached hydrogens (tertiary/aromatic N) is 3. The Labute approximate surface area is 164 Å². The average molecular weight is 380 g/mol. The van der Waals surface area contributed by atoms with Gasteiger partial charge in [0.2, 0.25) is 11.7 Å². The Morgan fingerprint density at radius 2 is 1.61 bits per heavy atom. The summed E-state index contributed by atoms with van der Waals surface area (Å²) in [5.74, 6) is 2.97. The molecule has 7 heteroatoms. The van der Waals surface area contributed by atoms with Crippen LogP contribution in [0.3, 0.4) is 0 Å². The lowest BCUT2D eigenvalue weighted by atomic mass is 10.2. The summed E-state index contributed by atoms with van der Waals surface area (Å²) in [6.07, 6.45) is 1.73. The van der Waals surface area contributed by atoms with Crippen LogP contribution in [0.5, 0.6) is 17.2 Å². The molecule has 3 aromatic rings. The Morgan fingerprint density at radius 1 is 0.929 bits per heavy atom. The number of methoxy groups -OCH3 is 3. The van der Waals surface area contributed by atoms with Gasteiger partial charge in [-0.2, -0.15) is 4.98 Å². The van der Waals surface area contributed by atoms with Gasteiger partial charge < -0.3 is 24.4 Å². The fourth-order valence-electron chi connectivity index (χ4n) is 2.83. The first-order chi connectivity index (χ1) is 13.6. The molecule has 0 bridgehead atoms. The number of rotatable bonds is 8. The van der Waals surface area contributed by atoms with Crippen LogP contribution in [0.25, 0.3) is 0 Å². The number of hydrogen-bond donors (Lipinski definition) is 1. The van der Waals surface area contributed by atoms with Crippen molar-refractivity contribution in [3.8, 4) is 17.2 Å². The number of nitrogens with one attached hydrogen (secondary N) is 1. The molecule has 146 valence electrons. The van der Waals surface area contributed by atoms with Crippen molar-refractivity contribution in [2.24, 2.45) is 0 Å². The van der Waals surface area contributed by atoms with Crippen molar-refractivity contribution < 1.29 is 14.2 Å². The first-order valence-corrected chi connectivity index (χ1v) is 8.79. The summed E-state index contributed by atoms with van der Waals surface area (Å²) in [6, 6.07) is 15.7. The van der Waals surface area contributed by atoms with Crippen molar-refractivity contribution >= 4 is 17.5 Å². The molecule has 0 fully saturated rings. The van der Waals surface area contributed by atoms with Crippen LogP contribution >= 0.6 is 0 Å². The van der Waals surface area contributed by atoms with Crippen LogP contribution in [0, 0.1) is 0 Å². The highest BCUT2D eigenvalue weighted by Crippen LogP contribution is 2.40. The van der Waals surface area contributed by atoms with Gasteiger partial charge in [0.15, 0.2) is 11.5 Å². The number of hydrogen-bond acceptors (Lipinski definition) is 7. The molecule has 1 heterocycles. The fourth-order valence-corrected chi connectivity index (χ4v) is 2.83. The molecule has 0 radical (unpaired) electrons. The molecular weight excluding hydrogens is 356 g/mol. The molecule has 0 saturated carbocycles. The number of anilines is 3. The summed E-state index contributed by atoms with van der Waals surface area (Å²) >= 11 is 0. The first kappa shape index (κ1) is 19.3. The Hall–Kier alpha value is -3.48. The average Bonchev–Trinajstić information content (AvgIpc) is 2.73. The lowest BCUT2D eigenvalue weighted by Gasteiger charge is -2.18. The van der Waals surface area contributed by atoms with E-state index in [9.17, 15) is 0 Å². The van der Waals surface area contributed by atoms with Gasteiger partial charge in [-0.25, -0.2) is 4.98 Å². The molecule has 0 amide bonds. The maximum Gasteiger partial charge on any atom is 0.227 e. The van der Waals surface area contributed by atoms with E-state index in [1.54, 1.807) is 27.5 Å². The van der Waals surface area contributed by atoms with E-state index in [4.69, 9.17) is 14.2 Å². The molecule has 0 saturated heterocycles. The van der Waals surface area contributed by atoms with E-state index < -0.39 is 0 Å². The van der Waals surface area contributed by atoms with Crippen molar-refractivity contribution in [2.75, 3.05) is 38.6 Å². The molecule has 7 nitrogen and oxygen atoms in total. The van der Waals surface area contributed by atoms with Crippen LogP contribution in [0.2, 0.25) is 0 Å². The second-order valence-electron chi connectivity index (χ2n) is 6.12. The molecule has 0 aliphatic heterocycles. The molecule has 2 aromatic carbocycles. The third-order valence-electron chi connectivity index (χ3n) is 4.18. The monoisotopic (exact) mass is 380 g/mol. The van der Waals surface area contributed by atoms with Gasteiger partial charge in [-0.15, -0.1) is 0 Å². The summed E-state index contributed by atoms with van der Waals surface area (Å²) < 4.78 is 16.2. The molecular formula is C21H24N4O3. The number of ether oxygens (including phenoxy) is 3. The van der Waals surface area contributed by atoms with Gasteiger partial charge in [-0.05, 0) is 11.6 Å². The SMILES string of the molecule is COc1cc(Nc2ccnc(N(C)Cc3ccccc3)n2)cc(OC)c1OC. The van der Waals surface area contributed by atoms with Gasteiger partial charge in [-0.3, -0.25) is 0 Å². The van der Waals surface area contributed by atoms with Crippen molar-refractivity contribution in [3.63, 3.8) is 0 Å². The van der Waals surface area contributed by atoms with Crippen LogP contribution in [-0.2, 0) is 6.54 Å². The second-order valence-corrected chi connectivity index (χ2v) is 6.12. The van der Waals surface area contributed by atoms with Gasteiger partial charge in [-0.1, -0.05) is 30.3 Å². The fraction of sp³-hybridized carbons (Fsp3) is 0.238. The largest absolute Gasteiger partial charge is 0.493 e. The van der Waals surface area contributed by atoms with Crippen molar-refractivity contribution in [2.45, 2.75) is 6.54 Å². The van der Waals surface area contributed by atoms with Crippen molar-refractivity contribution in [1.82, 2.24) is 9.97 Å². The third kappa shape index (κ3) is 4.43. The summed E-state index contributed by atoms with van der Waals surface area (Å²) in [5.41, 5.74) is 1.96. The van der Waals surface area contributed by atoms with Crippen LogP contribution in [0.1, 0.15) is 5.56 Å². The highest BCUT2D eigenvalue weighted by Gasteiger charge is 2.14. The first-order valence-electron chi connectivity index (χ1n) is 8.79. The summed E-state index contributed by atoms with van der Waals surface area (Å²) in [4.78, 5) is 11.0. The Balaban J connectivity index is 1.81. The van der Waals surface area contributed by atoms with E-state index in [1.165, 1.54) is 5.56 Å². The zero-order valence-electron chi connectivity index (χ0n) is 16.5. The third-order valence-corrected chi connectivity index (χ3v) is 4.18. The topological polar surface area (TPSA) is 68.7 Å². The van der Waals surface area contributed by atoms with Crippen molar-refractivity contribution in [3.05, 3.63) is 60.3 Å². The van der Waals surface area contributed by atoms with E-state index >= 15 is 0 Å². The molecule has 3 rings (SSSR count). The molecule has 28 heavy (non-hydrogen) atoms. The predicted octanol–water partition coefficient (Wildman–Crippen LogP) is 3.88. The lowest BCUT2D eigenvalue weighted by molar-refractivity contribution is 0.324. The summed E-state index contributed by atoms with van der Waals surface area (Å²) in [7, 11) is 6.71. The molecule has 0 aliphatic carbocycles. The molecule has 0 unspecified atom stereocenters. The van der Waals surface area contributed by atoms with Crippen LogP contribution < -0.4 is 24.4 Å². The molecule has 1 aromatic heterocycles. The smallest absolute Gasteiger partial charge is 0.227 e. The van der Waals surface area contributed by atoms with Crippen molar-refractivity contribution in [1.29, 1.82) is 0 Å². The van der Waals surface area contributed by atoms with E-state index in [0.717, 1.165) is 5.69 Å². The molecule has 0 spiro atoms. The second kappa shape index (κ2) is 8.94. The van der Waals surface area contributed by atoms with E-state index in [0.29, 0.717) is 35.6 Å². The summed E-state index contributed by atoms with van der Waals surface area (Å²) in [6.45, 7) is 0.717. The minimum absolute atomic E-state index is 0.543. The Morgan fingerprint density at radius 3 is 2.21 bits per heavy atom. The zero-order valence-corrected chi connectivity index (χ0v) is 16.5. The molecule has 0 aliphatic rings. The zero-order chi connectivity index (χ0) is 19.9. The van der Waals surface area contributed by atoms with Gasteiger partial charge in [0.25, 0.3) is 0 Å². The highest BCUT2D eigenvalue weighted by atomic mass is 16.5. The summed E-state index contributed by atoms with van der Waals surface area (Å²) in [5, 5.41) is 3.27. The van der Waals surface area contributed by atoms with E-state index in [1.807, 2.05) is 48.3 Å². The minimum Gasteiger partial charge on any atom is -0.493 e. The molecule has 1 N–H and O–H groups in total. The maximum absolute atomic E-state index is 5.40. The van der Waals surface area contributed by atoms with Gasteiger partial charge in [0, 0.05) is 37.6 Å². The molecule has 0 atom stereocenters. The van der Waals surface area contributed by atoms with Crippen LogP contribution in [0.15, 0.2) is 54.7 Å². The highest BCUT2D eigenvalue weighted by molar-refractivity contribution is 5.66. The van der Waals surface area contributed by atoms with Gasteiger partial charge in [0.1, 0.15) is 5.82 Å². The quantitative estimate of drug-likeness (QED) is 0.636. The maximum atomic E-state index is 5.40. The van der Waals surface area contributed by atoms with E-state index in [-0.39, 0.29) is 0 Å². The predicted molar refractivity (Wildman–Crippen MR) is 110 cm³/mol. The van der Waals surface area contributed by atoms with Gasteiger partial charge in [0.05, 0.1) is 21.3 Å². The van der Waals surface area contributed by atoms with Crippen LogP contribution in [-0.4, -0.2) is 38.3 Å². The number of aromatic nitrogens is 2. The Bertz CT molecular complexity index is 894. The van der Waals surface area contributed by atoms with Gasteiger partial charge >= 0.3 is 0 Å². The van der Waals surface area contributed by atoms with Crippen LogP contribution in [0.4, 0.5) is 17.5 Å². The normalized spacial score (nSPS) is 10.3. The minimum atomic E-state index is 0.543.